The van der Waals surface area contributed by atoms with E-state index in [9.17, 15) is 19.2 Å². The van der Waals surface area contributed by atoms with Gasteiger partial charge in [0.25, 0.3) is 23.6 Å². The van der Waals surface area contributed by atoms with Crippen LogP contribution in [0.15, 0.2) is 28.6 Å². The molecule has 10 N–H and O–H groups in total. The van der Waals surface area contributed by atoms with Crippen molar-refractivity contribution in [1.29, 1.82) is 0 Å². The van der Waals surface area contributed by atoms with Crippen LogP contribution in [-0.4, -0.2) is 61.2 Å². The molecule has 0 unspecified atom stereocenters. The molecule has 0 aromatic carbocycles. The predicted octanol–water partition coefficient (Wildman–Crippen LogP) is 2.21. The number of halogens is 1. The third-order valence-corrected chi connectivity index (χ3v) is 5.96. The highest BCUT2D eigenvalue weighted by molar-refractivity contribution is 9.12. The Bertz CT molecular complexity index is 1480. The molecule has 0 fully saturated rings. The number of amides is 4. The lowest BCUT2D eigenvalue weighted by Gasteiger charge is -2.07. The number of aromatic nitrogens is 4. The van der Waals surface area contributed by atoms with E-state index in [2.05, 4.69) is 68.9 Å². The van der Waals surface area contributed by atoms with E-state index in [-0.39, 0.29) is 46.3 Å². The lowest BCUT2D eigenvalue weighted by atomic mass is 10.2. The first-order valence-electron chi connectivity index (χ1n) is 11.4. The highest BCUT2D eigenvalue weighted by atomic mass is 79.9. The molecule has 3 heterocycles. The number of H-pyrrole nitrogens is 3. The zero-order valence-electron chi connectivity index (χ0n) is 21.2. The van der Waals surface area contributed by atoms with Gasteiger partial charge in [-0.15, -0.1) is 0 Å². The molecule has 16 heteroatoms. The minimum atomic E-state index is -0.588. The maximum atomic E-state index is 12.9. The Labute approximate surface area is 230 Å². The minimum absolute atomic E-state index is 0.0159. The Hall–Kier alpha value is -4.86. The van der Waals surface area contributed by atoms with Gasteiger partial charge >= 0.3 is 0 Å². The number of amidine groups is 1. The predicted molar refractivity (Wildman–Crippen MR) is 147 cm³/mol. The maximum Gasteiger partial charge on any atom is 0.291 e. The standard InChI is InChI=1S/C23H27BrN10O5/c1-9-13(7-27-16(9)21(36)26-6-5-15(25)34-39)30-22(37)17-10(2)14(8-28-17)31-23(38)19-29-12(4)18(32-19)33-20(35)11(3)24/h7-8,27-28,39H,3,5-6H2,1-2,4H3,(H2,25,34)(H,26,36)(H,29,32)(H,30,37)(H,31,38)(H,33,35). The summed E-state index contributed by atoms with van der Waals surface area (Å²) in [6.45, 7) is 8.58. The van der Waals surface area contributed by atoms with Crippen LogP contribution in [0.3, 0.4) is 0 Å². The average molecular weight is 603 g/mol. The van der Waals surface area contributed by atoms with E-state index < -0.39 is 23.6 Å². The monoisotopic (exact) mass is 602 g/mol. The average Bonchev–Trinajstić information content (AvgIpc) is 3.56. The largest absolute Gasteiger partial charge is 0.409 e. The van der Waals surface area contributed by atoms with Gasteiger partial charge in [0.1, 0.15) is 17.2 Å². The Morgan fingerprint density at radius 3 is 2.13 bits per heavy atom. The summed E-state index contributed by atoms with van der Waals surface area (Å²) < 4.78 is 0.106. The fraction of sp³-hybridized carbons (Fsp3) is 0.217. The second-order valence-electron chi connectivity index (χ2n) is 8.33. The molecule has 0 saturated carbocycles. The molecule has 0 aliphatic heterocycles. The lowest BCUT2D eigenvalue weighted by Crippen LogP contribution is -2.28. The number of carbonyl (C=O) groups excluding carboxylic acids is 4. The number of nitrogens with two attached hydrogens (primary N) is 1. The van der Waals surface area contributed by atoms with Crippen molar-refractivity contribution in [3.8, 4) is 0 Å². The zero-order chi connectivity index (χ0) is 28.9. The summed E-state index contributed by atoms with van der Waals surface area (Å²) >= 11 is 2.98. The fourth-order valence-corrected chi connectivity index (χ4v) is 3.50. The quantitative estimate of drug-likeness (QED) is 0.0550. The molecule has 3 aromatic rings. The number of rotatable bonds is 10. The number of nitrogens with zero attached hydrogens (tertiary/aromatic N) is 2. The van der Waals surface area contributed by atoms with Crippen LogP contribution in [0.1, 0.15) is 54.8 Å². The summed E-state index contributed by atoms with van der Waals surface area (Å²) in [7, 11) is 0. The molecule has 0 saturated heterocycles. The first-order chi connectivity index (χ1) is 18.4. The third kappa shape index (κ3) is 6.72. The smallest absolute Gasteiger partial charge is 0.291 e. The maximum absolute atomic E-state index is 12.9. The lowest BCUT2D eigenvalue weighted by molar-refractivity contribution is -0.112. The Kier molecular flexibility index (Phi) is 8.92. The molecule has 0 atom stereocenters. The first-order valence-corrected chi connectivity index (χ1v) is 12.2. The molecule has 15 nitrogen and oxygen atoms in total. The molecule has 3 aromatic heterocycles. The van der Waals surface area contributed by atoms with Gasteiger partial charge in [0, 0.05) is 36.5 Å². The molecular weight excluding hydrogens is 576 g/mol. The van der Waals surface area contributed by atoms with Crippen molar-refractivity contribution < 1.29 is 24.4 Å². The van der Waals surface area contributed by atoms with Crippen LogP contribution in [0, 0.1) is 20.8 Å². The van der Waals surface area contributed by atoms with E-state index in [1.165, 1.54) is 12.4 Å². The van der Waals surface area contributed by atoms with E-state index in [1.54, 1.807) is 20.8 Å². The number of anilines is 3. The number of aryl methyl sites for hydroxylation is 1. The van der Waals surface area contributed by atoms with Crippen LogP contribution in [0.2, 0.25) is 0 Å². The molecule has 39 heavy (non-hydrogen) atoms. The van der Waals surface area contributed by atoms with Crippen molar-refractivity contribution in [2.24, 2.45) is 10.9 Å². The van der Waals surface area contributed by atoms with Crippen LogP contribution in [0.25, 0.3) is 0 Å². The van der Waals surface area contributed by atoms with Gasteiger partial charge in [0.05, 0.1) is 21.6 Å². The second-order valence-corrected chi connectivity index (χ2v) is 9.29. The Morgan fingerprint density at radius 1 is 1.00 bits per heavy atom. The van der Waals surface area contributed by atoms with Crippen LogP contribution in [-0.2, 0) is 4.79 Å². The topological polar surface area (TPSA) is 235 Å². The summed E-state index contributed by atoms with van der Waals surface area (Å²) in [6.07, 6.45) is 3.11. The van der Waals surface area contributed by atoms with Crippen molar-refractivity contribution in [3.63, 3.8) is 0 Å². The van der Waals surface area contributed by atoms with Crippen molar-refractivity contribution >= 4 is 62.6 Å². The third-order valence-electron chi connectivity index (χ3n) is 5.60. The number of aromatic amines is 3. The highest BCUT2D eigenvalue weighted by Gasteiger charge is 2.21. The van der Waals surface area contributed by atoms with Crippen molar-refractivity contribution in [2.45, 2.75) is 27.2 Å². The summed E-state index contributed by atoms with van der Waals surface area (Å²) in [5.74, 6) is -1.90. The number of hydrogen-bond acceptors (Lipinski definition) is 7. The van der Waals surface area contributed by atoms with Gasteiger partial charge in [-0.3, -0.25) is 19.2 Å². The Morgan fingerprint density at radius 2 is 1.56 bits per heavy atom. The van der Waals surface area contributed by atoms with Crippen LogP contribution in [0.5, 0.6) is 0 Å². The highest BCUT2D eigenvalue weighted by Crippen LogP contribution is 2.23. The van der Waals surface area contributed by atoms with E-state index in [4.69, 9.17) is 10.9 Å². The van der Waals surface area contributed by atoms with E-state index in [1.807, 2.05) is 0 Å². The van der Waals surface area contributed by atoms with E-state index in [0.29, 0.717) is 28.2 Å². The summed E-state index contributed by atoms with van der Waals surface area (Å²) in [5, 5.41) is 22.0. The molecule has 3 rings (SSSR count). The van der Waals surface area contributed by atoms with Crippen molar-refractivity contribution in [3.05, 3.63) is 57.5 Å². The minimum Gasteiger partial charge on any atom is -0.409 e. The summed E-state index contributed by atoms with van der Waals surface area (Å²) in [4.78, 5) is 62.5. The van der Waals surface area contributed by atoms with E-state index in [0.717, 1.165) is 0 Å². The van der Waals surface area contributed by atoms with Crippen LogP contribution >= 0.6 is 15.9 Å². The molecule has 4 amide bonds. The van der Waals surface area contributed by atoms with Gasteiger partial charge < -0.3 is 47.2 Å². The van der Waals surface area contributed by atoms with E-state index >= 15 is 0 Å². The van der Waals surface area contributed by atoms with Gasteiger partial charge in [0.2, 0.25) is 0 Å². The van der Waals surface area contributed by atoms with Crippen LogP contribution < -0.4 is 27.0 Å². The molecule has 0 radical (unpaired) electrons. The fourth-order valence-electron chi connectivity index (χ4n) is 3.40. The molecule has 206 valence electrons. The second kappa shape index (κ2) is 12.1. The number of carbonyl (C=O) groups is 4. The van der Waals surface area contributed by atoms with Crippen molar-refractivity contribution in [2.75, 3.05) is 22.5 Å². The van der Waals surface area contributed by atoms with Gasteiger partial charge in [-0.2, -0.15) is 0 Å². The first kappa shape index (κ1) is 28.7. The Balaban J connectivity index is 1.66. The van der Waals surface area contributed by atoms with Gasteiger partial charge in [-0.05, 0) is 36.7 Å². The van der Waals surface area contributed by atoms with Crippen LogP contribution in [0.4, 0.5) is 17.2 Å². The molecule has 0 aliphatic rings. The van der Waals surface area contributed by atoms with Gasteiger partial charge in [-0.25, -0.2) is 4.98 Å². The van der Waals surface area contributed by atoms with Crippen molar-refractivity contribution in [1.82, 2.24) is 25.3 Å². The molecular formula is C23H27BrN10O5. The summed E-state index contributed by atoms with van der Waals surface area (Å²) in [5.41, 5.74) is 7.97. The molecule has 0 aliphatic carbocycles. The SMILES string of the molecule is C=C(Br)C(=O)Nc1nc(C(=O)Nc2c[nH]c(C(=O)Nc3c[nH]c(C(=O)NCCC(N)=NO)c3C)c2C)[nH]c1C. The molecule has 0 bridgehead atoms. The van der Waals surface area contributed by atoms with Gasteiger partial charge in [-0.1, -0.05) is 11.7 Å². The van der Waals surface area contributed by atoms with Gasteiger partial charge in [0.15, 0.2) is 11.6 Å². The normalized spacial score (nSPS) is 11.1. The number of nitrogens with one attached hydrogen (secondary N) is 7. The number of oxime groups is 1. The number of imidazole rings is 1. The molecule has 0 spiro atoms. The number of hydrogen-bond donors (Lipinski definition) is 9. The summed E-state index contributed by atoms with van der Waals surface area (Å²) in [6, 6.07) is 0. The zero-order valence-corrected chi connectivity index (χ0v) is 22.8.